The van der Waals surface area contributed by atoms with Crippen molar-refractivity contribution in [3.8, 4) is 5.13 Å². The zero-order valence-corrected chi connectivity index (χ0v) is 8.17. The molecule has 0 saturated heterocycles. The van der Waals surface area contributed by atoms with Crippen LogP contribution in [0, 0.1) is 13.8 Å². The van der Waals surface area contributed by atoms with Crippen molar-refractivity contribution >= 4 is 16.3 Å². The van der Waals surface area contributed by atoms with Crippen molar-refractivity contribution in [2.45, 2.75) is 13.8 Å². The zero-order chi connectivity index (χ0) is 9.42. The Morgan fingerprint density at radius 2 is 2.23 bits per heavy atom. The minimum atomic E-state index is 0.683. The summed E-state index contributed by atoms with van der Waals surface area (Å²) in [5.74, 6) is 1.57. The van der Waals surface area contributed by atoms with E-state index in [2.05, 4.69) is 15.1 Å². The molecule has 68 valence electrons. The Hall–Kier alpha value is -1.43. The molecule has 0 radical (unpaired) electrons. The molecule has 0 aromatic carbocycles. The predicted octanol–water partition coefficient (Wildman–Crippen LogP) is 0.923. The van der Waals surface area contributed by atoms with Crippen LogP contribution in [0.15, 0.2) is 6.20 Å². The molecule has 0 saturated carbocycles. The third-order valence-electron chi connectivity index (χ3n) is 1.57. The maximum Gasteiger partial charge on any atom is 0.214 e. The Kier molecular flexibility index (Phi) is 1.77. The number of nitrogens with zero attached hydrogens (tertiary/aromatic N) is 4. The monoisotopic (exact) mass is 195 g/mol. The summed E-state index contributed by atoms with van der Waals surface area (Å²) in [4.78, 5) is 8.29. The summed E-state index contributed by atoms with van der Waals surface area (Å²) in [5.41, 5.74) is 5.57. The smallest absolute Gasteiger partial charge is 0.214 e. The van der Waals surface area contributed by atoms with Crippen molar-refractivity contribution < 1.29 is 0 Å². The molecule has 0 fully saturated rings. The molecule has 0 aliphatic rings. The lowest BCUT2D eigenvalue weighted by atomic mass is 10.7. The third kappa shape index (κ3) is 1.40. The summed E-state index contributed by atoms with van der Waals surface area (Å²) in [6, 6.07) is 0. The van der Waals surface area contributed by atoms with Crippen molar-refractivity contribution in [3.05, 3.63) is 17.8 Å². The zero-order valence-electron chi connectivity index (χ0n) is 7.35. The molecule has 13 heavy (non-hydrogen) atoms. The molecule has 2 heterocycles. The van der Waals surface area contributed by atoms with E-state index in [4.69, 9.17) is 5.73 Å². The fraction of sp³-hybridized carbons (Fsp3) is 0.286. The lowest BCUT2D eigenvalue weighted by molar-refractivity contribution is 0.823. The van der Waals surface area contributed by atoms with Gasteiger partial charge in [-0.15, -0.1) is 5.10 Å². The van der Waals surface area contributed by atoms with Gasteiger partial charge < -0.3 is 5.73 Å². The summed E-state index contributed by atoms with van der Waals surface area (Å²) >= 11 is 1.40. The molecule has 0 unspecified atom stereocenters. The van der Waals surface area contributed by atoms with Gasteiger partial charge >= 0.3 is 0 Å². The van der Waals surface area contributed by atoms with Gasteiger partial charge in [-0.1, -0.05) is 11.3 Å². The summed E-state index contributed by atoms with van der Waals surface area (Å²) in [6.45, 7) is 3.73. The average molecular weight is 195 g/mol. The van der Waals surface area contributed by atoms with Crippen molar-refractivity contribution in [2.24, 2.45) is 0 Å². The second kappa shape index (κ2) is 2.81. The van der Waals surface area contributed by atoms with E-state index in [1.165, 1.54) is 11.3 Å². The van der Waals surface area contributed by atoms with Gasteiger partial charge in [0.05, 0.1) is 6.20 Å². The number of thiazole rings is 1. The highest BCUT2D eigenvalue weighted by Crippen LogP contribution is 2.18. The Labute approximate surface area is 79.2 Å². The summed E-state index contributed by atoms with van der Waals surface area (Å²) in [5, 5.41) is 5.63. The highest BCUT2D eigenvalue weighted by molar-refractivity contribution is 7.17. The molecule has 6 heteroatoms. The van der Waals surface area contributed by atoms with Gasteiger partial charge in [-0.05, 0) is 13.8 Å². The van der Waals surface area contributed by atoms with Crippen LogP contribution in [0.3, 0.4) is 0 Å². The lowest BCUT2D eigenvalue weighted by Crippen LogP contribution is -1.97. The van der Waals surface area contributed by atoms with Gasteiger partial charge in [-0.25, -0.2) is 9.97 Å². The van der Waals surface area contributed by atoms with Crippen LogP contribution in [-0.2, 0) is 0 Å². The van der Waals surface area contributed by atoms with Crippen LogP contribution in [0.25, 0.3) is 5.13 Å². The molecule has 0 atom stereocenters. The fourth-order valence-corrected chi connectivity index (χ4v) is 1.76. The number of hydrogen-bond donors (Lipinski definition) is 1. The molecule has 2 aromatic heterocycles. The second-order valence-corrected chi connectivity index (χ2v) is 3.70. The first-order valence-corrected chi connectivity index (χ1v) is 4.60. The van der Waals surface area contributed by atoms with Gasteiger partial charge in [0.15, 0.2) is 0 Å². The summed E-state index contributed by atoms with van der Waals surface area (Å²) < 4.78 is 1.69. The first kappa shape index (κ1) is 8.18. The normalized spacial score (nSPS) is 10.6. The quantitative estimate of drug-likeness (QED) is 0.734. The van der Waals surface area contributed by atoms with E-state index in [1.54, 1.807) is 10.9 Å². The number of nitrogens with two attached hydrogens (primary N) is 1. The van der Waals surface area contributed by atoms with Crippen LogP contribution in [0.1, 0.15) is 11.6 Å². The van der Waals surface area contributed by atoms with E-state index in [9.17, 15) is 0 Å². The lowest BCUT2D eigenvalue weighted by Gasteiger charge is -1.94. The molecule has 0 bridgehead atoms. The molecule has 0 aliphatic carbocycles. The van der Waals surface area contributed by atoms with E-state index in [0.29, 0.717) is 5.00 Å². The maximum atomic E-state index is 5.57. The van der Waals surface area contributed by atoms with Crippen molar-refractivity contribution in [3.63, 3.8) is 0 Å². The van der Waals surface area contributed by atoms with E-state index in [-0.39, 0.29) is 0 Å². The molecule has 2 rings (SSSR count). The Morgan fingerprint density at radius 1 is 1.46 bits per heavy atom. The van der Waals surface area contributed by atoms with Crippen LogP contribution in [0.5, 0.6) is 0 Å². The first-order valence-electron chi connectivity index (χ1n) is 3.79. The largest absolute Gasteiger partial charge is 0.389 e. The van der Waals surface area contributed by atoms with Gasteiger partial charge in [0, 0.05) is 0 Å². The number of hydrogen-bond acceptors (Lipinski definition) is 5. The Balaban J connectivity index is 2.51. The van der Waals surface area contributed by atoms with Crippen molar-refractivity contribution in [2.75, 3.05) is 5.73 Å². The maximum absolute atomic E-state index is 5.57. The molecule has 5 nitrogen and oxygen atoms in total. The van der Waals surface area contributed by atoms with E-state index >= 15 is 0 Å². The topological polar surface area (TPSA) is 69.6 Å². The molecule has 2 N–H and O–H groups in total. The third-order valence-corrected chi connectivity index (χ3v) is 2.37. The van der Waals surface area contributed by atoms with E-state index in [1.807, 2.05) is 13.8 Å². The highest BCUT2D eigenvalue weighted by atomic mass is 32.1. The molecular formula is C7H9N5S. The van der Waals surface area contributed by atoms with Gasteiger partial charge in [-0.2, -0.15) is 4.68 Å². The Morgan fingerprint density at radius 3 is 2.69 bits per heavy atom. The molecule has 2 aromatic rings. The van der Waals surface area contributed by atoms with Gasteiger partial charge in [0.2, 0.25) is 5.13 Å². The number of aromatic nitrogens is 4. The van der Waals surface area contributed by atoms with Crippen molar-refractivity contribution in [1.82, 2.24) is 19.7 Å². The SMILES string of the molecule is Cc1nc(C)n(-c2ncc(N)s2)n1. The predicted molar refractivity (Wildman–Crippen MR) is 50.9 cm³/mol. The van der Waals surface area contributed by atoms with Crippen LogP contribution < -0.4 is 5.73 Å². The van der Waals surface area contributed by atoms with E-state index in [0.717, 1.165) is 16.8 Å². The summed E-state index contributed by atoms with van der Waals surface area (Å²) in [7, 11) is 0. The minimum absolute atomic E-state index is 0.683. The molecule has 0 spiro atoms. The molecule has 0 amide bonds. The number of nitrogen functional groups attached to an aromatic ring is 1. The van der Waals surface area contributed by atoms with E-state index < -0.39 is 0 Å². The number of anilines is 1. The minimum Gasteiger partial charge on any atom is -0.389 e. The van der Waals surface area contributed by atoms with Crippen LogP contribution >= 0.6 is 11.3 Å². The molecular weight excluding hydrogens is 186 g/mol. The van der Waals surface area contributed by atoms with Crippen LogP contribution in [0.2, 0.25) is 0 Å². The number of aryl methyl sites for hydroxylation is 2. The summed E-state index contributed by atoms with van der Waals surface area (Å²) in [6.07, 6.45) is 1.62. The number of rotatable bonds is 1. The van der Waals surface area contributed by atoms with Gasteiger partial charge in [-0.3, -0.25) is 0 Å². The van der Waals surface area contributed by atoms with Crippen LogP contribution in [0.4, 0.5) is 5.00 Å². The Bertz CT molecular complexity index is 430. The van der Waals surface area contributed by atoms with Crippen molar-refractivity contribution in [1.29, 1.82) is 0 Å². The highest BCUT2D eigenvalue weighted by Gasteiger charge is 2.07. The van der Waals surface area contributed by atoms with Gasteiger partial charge in [0.25, 0.3) is 0 Å². The second-order valence-electron chi connectivity index (χ2n) is 2.66. The fourth-order valence-electron chi connectivity index (χ4n) is 1.08. The van der Waals surface area contributed by atoms with Crippen LogP contribution in [-0.4, -0.2) is 19.7 Å². The van der Waals surface area contributed by atoms with Gasteiger partial charge in [0.1, 0.15) is 16.6 Å². The standard InChI is InChI=1S/C7H9N5S/c1-4-10-5(2)12(11-4)7-9-3-6(8)13-7/h3H,8H2,1-2H3. The molecule has 0 aliphatic heterocycles. The first-order chi connectivity index (χ1) is 6.16. The average Bonchev–Trinajstić information content (AvgIpc) is 2.58.